The first-order valence-electron chi connectivity index (χ1n) is 7.14. The van der Waals surface area contributed by atoms with E-state index in [0.29, 0.717) is 12.3 Å². The minimum atomic E-state index is 0.0777. The Morgan fingerprint density at radius 1 is 1.50 bits per heavy atom. The number of aliphatic hydroxyl groups excluding tert-OH is 1. The lowest BCUT2D eigenvalue weighted by Crippen LogP contribution is -2.30. The fraction of sp³-hybridized carbons (Fsp3) is 0.562. The van der Waals surface area contributed by atoms with E-state index in [1.54, 1.807) is 0 Å². The van der Waals surface area contributed by atoms with Crippen molar-refractivity contribution in [1.29, 1.82) is 0 Å². The molecule has 0 aromatic carbocycles. The number of hydrogen-bond acceptors (Lipinski definition) is 3. The van der Waals surface area contributed by atoms with E-state index in [-0.39, 0.29) is 12.5 Å². The van der Waals surface area contributed by atoms with Gasteiger partial charge in [-0.05, 0) is 24.8 Å². The summed E-state index contributed by atoms with van der Waals surface area (Å²) in [5.41, 5.74) is 0.726. The quantitative estimate of drug-likeness (QED) is 0.867. The molecule has 1 heterocycles. The van der Waals surface area contributed by atoms with Gasteiger partial charge in [-0.25, -0.2) is 0 Å². The summed E-state index contributed by atoms with van der Waals surface area (Å²) in [4.78, 5) is 15.0. The summed E-state index contributed by atoms with van der Waals surface area (Å²) in [6.45, 7) is 0.939. The molecule has 3 nitrogen and oxygen atoms in total. The van der Waals surface area contributed by atoms with Gasteiger partial charge in [-0.2, -0.15) is 0 Å². The molecule has 0 saturated heterocycles. The molecule has 0 aliphatic heterocycles. The van der Waals surface area contributed by atoms with Crippen molar-refractivity contribution in [3.8, 4) is 11.8 Å². The number of rotatable bonds is 4. The predicted octanol–water partition coefficient (Wildman–Crippen LogP) is 2.74. The highest BCUT2D eigenvalue weighted by Gasteiger charge is 2.20. The lowest BCUT2D eigenvalue weighted by atomic mass is 10.1. The van der Waals surface area contributed by atoms with Crippen LogP contribution in [0.2, 0.25) is 0 Å². The first-order chi connectivity index (χ1) is 9.70. The van der Waals surface area contributed by atoms with Gasteiger partial charge in [0, 0.05) is 25.4 Å². The number of amides is 1. The number of hydrogen-bond donors (Lipinski definition) is 1. The molecular weight excluding hydrogens is 270 g/mol. The number of aliphatic hydroxyl groups is 1. The van der Waals surface area contributed by atoms with Crippen LogP contribution < -0.4 is 0 Å². The minimum Gasteiger partial charge on any atom is -0.395 e. The molecule has 1 fully saturated rings. The van der Waals surface area contributed by atoms with Crippen LogP contribution >= 0.6 is 11.3 Å². The molecule has 0 radical (unpaired) electrons. The van der Waals surface area contributed by atoms with Crippen molar-refractivity contribution in [2.75, 3.05) is 20.2 Å². The van der Waals surface area contributed by atoms with Gasteiger partial charge in [-0.1, -0.05) is 24.7 Å². The second kappa shape index (κ2) is 7.47. The summed E-state index contributed by atoms with van der Waals surface area (Å²) in [5.74, 6) is 6.61. The highest BCUT2D eigenvalue weighted by molar-refractivity contribution is 7.10. The van der Waals surface area contributed by atoms with Crippen LogP contribution in [-0.4, -0.2) is 36.1 Å². The summed E-state index contributed by atoms with van der Waals surface area (Å²) in [6, 6.07) is 1.85. The van der Waals surface area contributed by atoms with Gasteiger partial charge in [-0.15, -0.1) is 11.3 Å². The SMILES string of the molecule is CN(CC1CCCC1)C(=O)c1csc(C#CCCO)c1. The minimum absolute atomic E-state index is 0.0777. The highest BCUT2D eigenvalue weighted by Crippen LogP contribution is 2.25. The third-order valence-corrected chi connectivity index (χ3v) is 4.49. The van der Waals surface area contributed by atoms with Crippen molar-refractivity contribution in [2.24, 2.45) is 5.92 Å². The van der Waals surface area contributed by atoms with Crippen molar-refractivity contribution in [3.63, 3.8) is 0 Å². The standard InChI is InChI=1S/C16H21NO2S/c1-17(11-13-6-2-3-7-13)16(19)14-10-15(20-12-14)8-4-5-9-18/h10,12-13,18H,2-3,5-7,9,11H2,1H3. The van der Waals surface area contributed by atoms with Crippen LogP contribution in [0.25, 0.3) is 0 Å². The van der Waals surface area contributed by atoms with E-state index < -0.39 is 0 Å². The van der Waals surface area contributed by atoms with Gasteiger partial charge < -0.3 is 10.0 Å². The molecule has 2 rings (SSSR count). The summed E-state index contributed by atoms with van der Waals surface area (Å²) in [5, 5.41) is 10.6. The zero-order valence-corrected chi connectivity index (χ0v) is 12.7. The third kappa shape index (κ3) is 4.09. The molecule has 1 aliphatic carbocycles. The van der Waals surface area contributed by atoms with E-state index in [9.17, 15) is 4.79 Å². The van der Waals surface area contributed by atoms with E-state index in [2.05, 4.69) is 11.8 Å². The van der Waals surface area contributed by atoms with Gasteiger partial charge in [0.2, 0.25) is 0 Å². The van der Waals surface area contributed by atoms with Gasteiger partial charge >= 0.3 is 0 Å². The van der Waals surface area contributed by atoms with Crippen LogP contribution in [0.5, 0.6) is 0 Å². The van der Waals surface area contributed by atoms with Crippen LogP contribution in [0.1, 0.15) is 47.3 Å². The Hall–Kier alpha value is -1.31. The van der Waals surface area contributed by atoms with Crippen molar-refractivity contribution in [1.82, 2.24) is 4.90 Å². The second-order valence-electron chi connectivity index (χ2n) is 5.31. The molecule has 20 heavy (non-hydrogen) atoms. The molecule has 1 aromatic rings. The van der Waals surface area contributed by atoms with E-state index >= 15 is 0 Å². The number of carbonyl (C=O) groups is 1. The van der Waals surface area contributed by atoms with Gasteiger partial charge in [-0.3, -0.25) is 4.79 Å². The van der Waals surface area contributed by atoms with Crippen molar-refractivity contribution in [2.45, 2.75) is 32.1 Å². The molecular formula is C16H21NO2S. The highest BCUT2D eigenvalue weighted by atomic mass is 32.1. The maximum Gasteiger partial charge on any atom is 0.254 e. The number of thiophene rings is 1. The lowest BCUT2D eigenvalue weighted by Gasteiger charge is -2.20. The van der Waals surface area contributed by atoms with Crippen molar-refractivity contribution in [3.05, 3.63) is 21.9 Å². The molecule has 108 valence electrons. The average molecular weight is 291 g/mol. The number of nitrogens with zero attached hydrogens (tertiary/aromatic N) is 1. The maximum absolute atomic E-state index is 12.3. The van der Waals surface area contributed by atoms with E-state index in [4.69, 9.17) is 5.11 Å². The molecule has 1 amide bonds. The fourth-order valence-electron chi connectivity index (χ4n) is 2.60. The third-order valence-electron chi connectivity index (χ3n) is 3.65. The maximum atomic E-state index is 12.3. The van der Waals surface area contributed by atoms with Gasteiger partial charge in [0.25, 0.3) is 5.91 Å². The topological polar surface area (TPSA) is 40.5 Å². The Bertz CT molecular complexity index is 506. The van der Waals surface area contributed by atoms with Gasteiger partial charge in [0.1, 0.15) is 0 Å². The predicted molar refractivity (Wildman–Crippen MR) is 81.8 cm³/mol. The van der Waals surface area contributed by atoms with Crippen LogP contribution in [0, 0.1) is 17.8 Å². The largest absolute Gasteiger partial charge is 0.395 e. The average Bonchev–Trinajstić information content (AvgIpc) is 3.09. The molecule has 1 saturated carbocycles. The fourth-order valence-corrected chi connectivity index (χ4v) is 3.35. The Balaban J connectivity index is 1.93. The van der Waals surface area contributed by atoms with Crippen LogP contribution in [0.15, 0.2) is 11.4 Å². The van der Waals surface area contributed by atoms with Crippen LogP contribution in [0.3, 0.4) is 0 Å². The summed E-state index contributed by atoms with van der Waals surface area (Å²) in [6.07, 6.45) is 5.58. The van der Waals surface area contributed by atoms with Crippen LogP contribution in [-0.2, 0) is 0 Å². The summed E-state index contributed by atoms with van der Waals surface area (Å²) >= 11 is 1.49. The first kappa shape index (κ1) is 15.1. The van der Waals surface area contributed by atoms with Gasteiger partial charge in [0.05, 0.1) is 17.0 Å². The zero-order valence-electron chi connectivity index (χ0n) is 11.9. The number of carbonyl (C=O) groups excluding carboxylic acids is 1. The Morgan fingerprint density at radius 3 is 2.95 bits per heavy atom. The second-order valence-corrected chi connectivity index (χ2v) is 6.22. The molecule has 4 heteroatoms. The zero-order chi connectivity index (χ0) is 14.4. The summed E-state index contributed by atoms with van der Waals surface area (Å²) < 4.78 is 0. The Labute approximate surface area is 124 Å². The van der Waals surface area contributed by atoms with E-state index in [0.717, 1.165) is 17.0 Å². The molecule has 1 N–H and O–H groups in total. The van der Waals surface area contributed by atoms with E-state index in [1.165, 1.54) is 37.0 Å². The monoisotopic (exact) mass is 291 g/mol. The van der Waals surface area contributed by atoms with Crippen molar-refractivity contribution >= 4 is 17.2 Å². The molecule has 0 bridgehead atoms. The molecule has 0 atom stereocenters. The molecule has 0 unspecified atom stereocenters. The Morgan fingerprint density at radius 2 is 2.25 bits per heavy atom. The molecule has 1 aliphatic rings. The van der Waals surface area contributed by atoms with E-state index in [1.807, 2.05) is 23.4 Å². The normalized spacial score (nSPS) is 14.9. The van der Waals surface area contributed by atoms with Crippen LogP contribution in [0.4, 0.5) is 0 Å². The summed E-state index contributed by atoms with van der Waals surface area (Å²) in [7, 11) is 1.88. The van der Waals surface area contributed by atoms with Gasteiger partial charge in [0.15, 0.2) is 0 Å². The van der Waals surface area contributed by atoms with Crippen molar-refractivity contribution < 1.29 is 9.90 Å². The smallest absolute Gasteiger partial charge is 0.254 e. The first-order valence-corrected chi connectivity index (χ1v) is 8.02. The molecule has 1 aromatic heterocycles. The Kier molecular flexibility index (Phi) is 5.63. The lowest BCUT2D eigenvalue weighted by molar-refractivity contribution is 0.0774. The molecule has 0 spiro atoms.